The van der Waals surface area contributed by atoms with Crippen molar-refractivity contribution >= 4 is 10.0 Å². The standard InChI is InChI=1S/C14H24N2O3S/c1-4-14(5-2)6-7-16(11-14)20(18,19)13-8-12(10-17)15(3)9-13/h8-9,17H,4-7,10-11H2,1-3H3. The molecule has 0 bridgehead atoms. The molecule has 2 heterocycles. The van der Waals surface area contributed by atoms with Crippen LogP contribution in [0, 0.1) is 5.41 Å². The van der Waals surface area contributed by atoms with Gasteiger partial charge in [-0.2, -0.15) is 4.31 Å². The highest BCUT2D eigenvalue weighted by molar-refractivity contribution is 7.89. The number of hydrogen-bond acceptors (Lipinski definition) is 3. The van der Waals surface area contributed by atoms with Crippen molar-refractivity contribution < 1.29 is 13.5 Å². The second kappa shape index (κ2) is 5.50. The number of sulfonamides is 1. The number of aromatic nitrogens is 1. The molecule has 1 aromatic rings. The Kier molecular flexibility index (Phi) is 4.27. The molecule has 6 heteroatoms. The van der Waals surface area contributed by atoms with Crippen molar-refractivity contribution in [2.75, 3.05) is 13.1 Å². The Morgan fingerprint density at radius 1 is 1.35 bits per heavy atom. The van der Waals surface area contributed by atoms with Gasteiger partial charge in [-0.1, -0.05) is 13.8 Å². The third kappa shape index (κ3) is 2.52. The molecule has 2 rings (SSSR count). The zero-order valence-corrected chi connectivity index (χ0v) is 13.3. The summed E-state index contributed by atoms with van der Waals surface area (Å²) in [5.41, 5.74) is 0.738. The van der Waals surface area contributed by atoms with Crippen molar-refractivity contribution in [3.8, 4) is 0 Å². The fourth-order valence-electron chi connectivity index (χ4n) is 2.95. The monoisotopic (exact) mass is 300 g/mol. The Labute approximate surface area is 121 Å². The molecule has 0 saturated carbocycles. The third-order valence-corrected chi connectivity index (χ3v) is 6.60. The van der Waals surface area contributed by atoms with Crippen LogP contribution in [0.25, 0.3) is 0 Å². The second-order valence-corrected chi connectivity index (χ2v) is 7.67. The van der Waals surface area contributed by atoms with Crippen LogP contribution in [0.1, 0.15) is 38.8 Å². The second-order valence-electron chi connectivity index (χ2n) is 5.73. The molecule has 5 nitrogen and oxygen atoms in total. The maximum Gasteiger partial charge on any atom is 0.244 e. The van der Waals surface area contributed by atoms with E-state index in [1.54, 1.807) is 28.2 Å². The minimum absolute atomic E-state index is 0.127. The summed E-state index contributed by atoms with van der Waals surface area (Å²) in [7, 11) is -1.69. The van der Waals surface area contributed by atoms with Crippen LogP contribution in [0.2, 0.25) is 0 Å². The highest BCUT2D eigenvalue weighted by Crippen LogP contribution is 2.39. The van der Waals surface area contributed by atoms with Crippen molar-refractivity contribution in [3.63, 3.8) is 0 Å². The molecule has 1 aliphatic heterocycles. The lowest BCUT2D eigenvalue weighted by Gasteiger charge is -2.26. The number of nitrogens with zero attached hydrogens (tertiary/aromatic N) is 2. The predicted molar refractivity (Wildman–Crippen MR) is 77.7 cm³/mol. The van der Waals surface area contributed by atoms with E-state index < -0.39 is 10.0 Å². The summed E-state index contributed by atoms with van der Waals surface area (Å²) >= 11 is 0. The van der Waals surface area contributed by atoms with Crippen LogP contribution in [0.5, 0.6) is 0 Å². The number of hydrogen-bond donors (Lipinski definition) is 1. The first-order valence-electron chi connectivity index (χ1n) is 7.15. The molecule has 0 radical (unpaired) electrons. The molecule has 1 saturated heterocycles. The van der Waals surface area contributed by atoms with Gasteiger partial charge in [0.15, 0.2) is 0 Å². The van der Waals surface area contributed by atoms with Gasteiger partial charge in [-0.05, 0) is 30.7 Å². The molecule has 1 aliphatic rings. The molecule has 0 unspecified atom stereocenters. The van der Waals surface area contributed by atoms with Gasteiger partial charge in [0, 0.05) is 32.0 Å². The summed E-state index contributed by atoms with van der Waals surface area (Å²) in [6.45, 7) is 5.30. The van der Waals surface area contributed by atoms with E-state index >= 15 is 0 Å². The van der Waals surface area contributed by atoms with Gasteiger partial charge in [-0.25, -0.2) is 8.42 Å². The van der Waals surface area contributed by atoms with Crippen LogP contribution in [0.4, 0.5) is 0 Å². The van der Waals surface area contributed by atoms with Crippen molar-refractivity contribution in [3.05, 3.63) is 18.0 Å². The maximum atomic E-state index is 12.7. The van der Waals surface area contributed by atoms with Gasteiger partial charge in [-0.15, -0.1) is 0 Å². The summed E-state index contributed by atoms with van der Waals surface area (Å²) in [6, 6.07) is 1.56. The molecule has 0 spiro atoms. The fraction of sp³-hybridized carbons (Fsp3) is 0.714. The maximum absolute atomic E-state index is 12.7. The van der Waals surface area contributed by atoms with Gasteiger partial charge in [0.05, 0.1) is 6.61 Å². The quantitative estimate of drug-likeness (QED) is 0.900. The molecule has 20 heavy (non-hydrogen) atoms. The van der Waals surface area contributed by atoms with Crippen molar-refractivity contribution in [1.82, 2.24) is 8.87 Å². The first kappa shape index (κ1) is 15.5. The van der Waals surface area contributed by atoms with Crippen LogP contribution in [0.15, 0.2) is 17.2 Å². The molecule has 0 atom stereocenters. The zero-order chi connectivity index (χ0) is 15.0. The van der Waals surface area contributed by atoms with E-state index in [2.05, 4.69) is 13.8 Å². The Morgan fingerprint density at radius 3 is 2.45 bits per heavy atom. The van der Waals surface area contributed by atoms with E-state index in [0.717, 1.165) is 19.3 Å². The van der Waals surface area contributed by atoms with E-state index in [-0.39, 0.29) is 16.9 Å². The normalized spacial score (nSPS) is 19.6. The first-order valence-corrected chi connectivity index (χ1v) is 8.59. The van der Waals surface area contributed by atoms with E-state index in [9.17, 15) is 13.5 Å². The van der Waals surface area contributed by atoms with Gasteiger partial charge < -0.3 is 9.67 Å². The summed E-state index contributed by atoms with van der Waals surface area (Å²) in [5, 5.41) is 9.19. The largest absolute Gasteiger partial charge is 0.390 e. The molecule has 1 N–H and O–H groups in total. The lowest BCUT2D eigenvalue weighted by molar-refractivity contribution is 0.272. The number of aliphatic hydroxyl groups excluding tert-OH is 1. The van der Waals surface area contributed by atoms with E-state index in [1.165, 1.54) is 0 Å². The number of aryl methyl sites for hydroxylation is 1. The van der Waals surface area contributed by atoms with Crippen molar-refractivity contribution in [1.29, 1.82) is 0 Å². The highest BCUT2D eigenvalue weighted by atomic mass is 32.2. The number of aliphatic hydroxyl groups is 1. The van der Waals surface area contributed by atoms with E-state index in [0.29, 0.717) is 18.8 Å². The van der Waals surface area contributed by atoms with Gasteiger partial charge in [0.2, 0.25) is 10.0 Å². The summed E-state index contributed by atoms with van der Waals surface area (Å²) in [5.74, 6) is 0. The van der Waals surface area contributed by atoms with Crippen LogP contribution >= 0.6 is 0 Å². The summed E-state index contributed by atoms with van der Waals surface area (Å²) < 4.78 is 28.6. The SMILES string of the molecule is CCC1(CC)CCN(S(=O)(=O)c2cc(CO)n(C)c2)C1. The average molecular weight is 300 g/mol. The minimum Gasteiger partial charge on any atom is -0.390 e. The molecule has 0 aromatic carbocycles. The fourth-order valence-corrected chi connectivity index (χ4v) is 4.60. The van der Waals surface area contributed by atoms with E-state index in [1.807, 2.05) is 0 Å². The van der Waals surface area contributed by atoms with Crippen LogP contribution < -0.4 is 0 Å². The average Bonchev–Trinajstić information content (AvgIpc) is 3.03. The number of rotatable bonds is 5. The molecule has 0 aliphatic carbocycles. The van der Waals surface area contributed by atoms with Gasteiger partial charge in [-0.3, -0.25) is 0 Å². The molecule has 1 aromatic heterocycles. The molecule has 0 amide bonds. The zero-order valence-electron chi connectivity index (χ0n) is 12.5. The smallest absolute Gasteiger partial charge is 0.244 e. The predicted octanol–water partition coefficient (Wildman–Crippen LogP) is 1.72. The van der Waals surface area contributed by atoms with Gasteiger partial charge in [0.1, 0.15) is 4.90 Å². The summed E-state index contributed by atoms with van der Waals surface area (Å²) in [6.07, 6.45) is 4.52. The molecular formula is C14H24N2O3S. The lowest BCUT2D eigenvalue weighted by atomic mass is 9.82. The highest BCUT2D eigenvalue weighted by Gasteiger charge is 2.40. The third-order valence-electron chi connectivity index (χ3n) is 4.79. The molecule has 1 fully saturated rings. The van der Waals surface area contributed by atoms with Crippen molar-refractivity contribution in [2.24, 2.45) is 12.5 Å². The molecular weight excluding hydrogens is 276 g/mol. The molecule has 114 valence electrons. The van der Waals surface area contributed by atoms with Crippen LogP contribution in [0.3, 0.4) is 0 Å². The van der Waals surface area contributed by atoms with Gasteiger partial charge in [0.25, 0.3) is 0 Å². The Hall–Kier alpha value is -0.850. The topological polar surface area (TPSA) is 62.5 Å². The van der Waals surface area contributed by atoms with Crippen molar-refractivity contribution in [2.45, 2.75) is 44.6 Å². The summed E-state index contributed by atoms with van der Waals surface area (Å²) in [4.78, 5) is 0.284. The lowest BCUT2D eigenvalue weighted by Crippen LogP contribution is -2.31. The Bertz CT molecular complexity index is 573. The van der Waals surface area contributed by atoms with Gasteiger partial charge >= 0.3 is 0 Å². The Morgan fingerprint density at radius 2 is 2.00 bits per heavy atom. The van der Waals surface area contributed by atoms with Crippen LogP contribution in [-0.4, -0.2) is 35.5 Å². The Balaban J connectivity index is 2.27. The van der Waals surface area contributed by atoms with E-state index in [4.69, 9.17) is 0 Å². The minimum atomic E-state index is -3.44. The first-order chi connectivity index (χ1) is 9.38. The van der Waals surface area contributed by atoms with Crippen LogP contribution in [-0.2, 0) is 23.7 Å².